The molecule has 0 fully saturated rings. The third kappa shape index (κ3) is 4.93. The fourth-order valence-electron chi connectivity index (χ4n) is 1.59. The van der Waals surface area contributed by atoms with Gasteiger partial charge < -0.3 is 10.1 Å². The minimum Gasteiger partial charge on any atom is -0.481 e. The molecule has 106 valence electrons. The Morgan fingerprint density at radius 2 is 1.79 bits per heavy atom. The van der Waals surface area contributed by atoms with Crippen molar-refractivity contribution in [1.82, 2.24) is 5.32 Å². The maximum Gasteiger partial charge on any atom is 0.261 e. The van der Waals surface area contributed by atoms with Crippen LogP contribution in [0.1, 0.15) is 39.7 Å². The molecule has 2 unspecified atom stereocenters. The summed E-state index contributed by atoms with van der Waals surface area (Å²) in [6.45, 7) is 10.2. The van der Waals surface area contributed by atoms with Crippen molar-refractivity contribution in [2.45, 2.75) is 53.2 Å². The first kappa shape index (κ1) is 15.5. The predicted octanol–water partition coefficient (Wildman–Crippen LogP) is 3.31. The van der Waals surface area contributed by atoms with Crippen LogP contribution in [0, 0.1) is 12.8 Å². The molecule has 0 bridgehead atoms. The standard InChI is InChI=1S/C16H25NO2/c1-6-15(16(18)17-13(5)11(2)3)19-14-9-7-12(4)8-10-14/h7-11,13,15H,6H2,1-5H3,(H,17,18). The Morgan fingerprint density at radius 1 is 1.21 bits per heavy atom. The van der Waals surface area contributed by atoms with Crippen molar-refractivity contribution >= 4 is 5.91 Å². The average molecular weight is 263 g/mol. The molecule has 1 amide bonds. The molecule has 1 aromatic carbocycles. The zero-order chi connectivity index (χ0) is 14.4. The third-order valence-electron chi connectivity index (χ3n) is 3.33. The zero-order valence-corrected chi connectivity index (χ0v) is 12.6. The minimum atomic E-state index is -0.427. The summed E-state index contributed by atoms with van der Waals surface area (Å²) in [5.41, 5.74) is 1.18. The highest BCUT2D eigenvalue weighted by Gasteiger charge is 2.21. The van der Waals surface area contributed by atoms with Crippen LogP contribution in [0.4, 0.5) is 0 Å². The number of amides is 1. The molecule has 3 nitrogen and oxygen atoms in total. The molecular weight excluding hydrogens is 238 g/mol. The van der Waals surface area contributed by atoms with Gasteiger partial charge in [-0.05, 0) is 38.3 Å². The van der Waals surface area contributed by atoms with E-state index < -0.39 is 6.10 Å². The minimum absolute atomic E-state index is 0.0377. The van der Waals surface area contributed by atoms with E-state index in [0.29, 0.717) is 12.3 Å². The van der Waals surface area contributed by atoms with Crippen LogP contribution < -0.4 is 10.1 Å². The van der Waals surface area contributed by atoms with Gasteiger partial charge in [0.1, 0.15) is 5.75 Å². The topological polar surface area (TPSA) is 38.3 Å². The summed E-state index contributed by atoms with van der Waals surface area (Å²) in [6.07, 6.45) is 0.230. The van der Waals surface area contributed by atoms with E-state index in [0.717, 1.165) is 5.75 Å². The number of carbonyl (C=O) groups excluding carboxylic acids is 1. The Bertz CT molecular complexity index is 398. The number of ether oxygens (including phenoxy) is 1. The second kappa shape index (κ2) is 7.17. The van der Waals surface area contributed by atoms with Crippen LogP contribution in [-0.4, -0.2) is 18.1 Å². The van der Waals surface area contributed by atoms with Crippen LogP contribution in [0.25, 0.3) is 0 Å². The van der Waals surface area contributed by atoms with Gasteiger partial charge in [0, 0.05) is 6.04 Å². The number of nitrogens with one attached hydrogen (secondary N) is 1. The fraction of sp³-hybridized carbons (Fsp3) is 0.562. The van der Waals surface area contributed by atoms with Crippen LogP contribution in [0.15, 0.2) is 24.3 Å². The monoisotopic (exact) mass is 263 g/mol. The van der Waals surface area contributed by atoms with E-state index in [-0.39, 0.29) is 11.9 Å². The molecule has 0 saturated carbocycles. The summed E-state index contributed by atoms with van der Waals surface area (Å²) < 4.78 is 5.75. The molecule has 19 heavy (non-hydrogen) atoms. The molecular formula is C16H25NO2. The van der Waals surface area contributed by atoms with Gasteiger partial charge in [-0.1, -0.05) is 38.5 Å². The molecule has 0 spiro atoms. The molecule has 0 aliphatic heterocycles. The molecule has 2 atom stereocenters. The van der Waals surface area contributed by atoms with Gasteiger partial charge in [-0.3, -0.25) is 4.79 Å². The van der Waals surface area contributed by atoms with Crippen LogP contribution in [0.2, 0.25) is 0 Å². The quantitative estimate of drug-likeness (QED) is 0.855. The lowest BCUT2D eigenvalue weighted by Crippen LogP contribution is -2.44. The first-order valence-corrected chi connectivity index (χ1v) is 6.97. The predicted molar refractivity (Wildman–Crippen MR) is 78.3 cm³/mol. The van der Waals surface area contributed by atoms with E-state index in [4.69, 9.17) is 4.74 Å². The van der Waals surface area contributed by atoms with Gasteiger partial charge in [0.2, 0.25) is 0 Å². The first-order valence-electron chi connectivity index (χ1n) is 6.97. The lowest BCUT2D eigenvalue weighted by molar-refractivity contribution is -0.129. The number of rotatable bonds is 6. The largest absolute Gasteiger partial charge is 0.481 e. The summed E-state index contributed by atoms with van der Waals surface area (Å²) in [6, 6.07) is 7.92. The summed E-state index contributed by atoms with van der Waals surface area (Å²) in [5.74, 6) is 1.12. The van der Waals surface area contributed by atoms with E-state index in [9.17, 15) is 4.79 Å². The smallest absolute Gasteiger partial charge is 0.261 e. The fourth-order valence-corrected chi connectivity index (χ4v) is 1.59. The van der Waals surface area contributed by atoms with Crippen LogP contribution >= 0.6 is 0 Å². The highest BCUT2D eigenvalue weighted by Crippen LogP contribution is 2.15. The van der Waals surface area contributed by atoms with Gasteiger partial charge in [-0.2, -0.15) is 0 Å². The van der Waals surface area contributed by atoms with Gasteiger partial charge in [0.15, 0.2) is 6.10 Å². The Labute approximate surface area is 116 Å². The first-order chi connectivity index (χ1) is 8.93. The van der Waals surface area contributed by atoms with Crippen molar-refractivity contribution in [1.29, 1.82) is 0 Å². The number of benzene rings is 1. The number of carbonyl (C=O) groups is 1. The number of hydrogen-bond donors (Lipinski definition) is 1. The second-order valence-corrected chi connectivity index (χ2v) is 5.37. The Kier molecular flexibility index (Phi) is 5.87. The van der Waals surface area contributed by atoms with Crippen molar-refractivity contribution in [3.63, 3.8) is 0 Å². The molecule has 0 aromatic heterocycles. The third-order valence-corrected chi connectivity index (χ3v) is 3.33. The normalized spacial score (nSPS) is 14.0. The van der Waals surface area contributed by atoms with Gasteiger partial charge >= 0.3 is 0 Å². The van der Waals surface area contributed by atoms with Crippen molar-refractivity contribution in [2.24, 2.45) is 5.92 Å². The van der Waals surface area contributed by atoms with E-state index in [1.54, 1.807) is 0 Å². The van der Waals surface area contributed by atoms with E-state index >= 15 is 0 Å². The molecule has 0 aliphatic rings. The molecule has 1 rings (SSSR count). The number of aryl methyl sites for hydroxylation is 1. The molecule has 0 heterocycles. The highest BCUT2D eigenvalue weighted by molar-refractivity contribution is 5.81. The van der Waals surface area contributed by atoms with Crippen molar-refractivity contribution in [3.8, 4) is 5.75 Å². The van der Waals surface area contributed by atoms with Crippen LogP contribution in [-0.2, 0) is 4.79 Å². The van der Waals surface area contributed by atoms with Gasteiger partial charge in [0.25, 0.3) is 5.91 Å². The summed E-state index contributed by atoms with van der Waals surface area (Å²) in [7, 11) is 0. The van der Waals surface area contributed by atoms with Crippen molar-refractivity contribution in [3.05, 3.63) is 29.8 Å². The number of hydrogen-bond acceptors (Lipinski definition) is 2. The van der Waals surface area contributed by atoms with Crippen LogP contribution in [0.3, 0.4) is 0 Å². The van der Waals surface area contributed by atoms with Gasteiger partial charge in [-0.15, -0.1) is 0 Å². The van der Waals surface area contributed by atoms with Crippen molar-refractivity contribution in [2.75, 3.05) is 0 Å². The summed E-state index contributed by atoms with van der Waals surface area (Å²) in [4.78, 5) is 12.1. The molecule has 0 aliphatic carbocycles. The van der Waals surface area contributed by atoms with E-state index in [2.05, 4.69) is 19.2 Å². The maximum absolute atomic E-state index is 12.1. The van der Waals surface area contributed by atoms with Crippen molar-refractivity contribution < 1.29 is 9.53 Å². The Hall–Kier alpha value is -1.51. The Morgan fingerprint density at radius 3 is 2.26 bits per heavy atom. The van der Waals surface area contributed by atoms with Crippen LogP contribution in [0.5, 0.6) is 5.75 Å². The summed E-state index contributed by atoms with van der Waals surface area (Å²) >= 11 is 0. The SMILES string of the molecule is CCC(Oc1ccc(C)cc1)C(=O)NC(C)C(C)C. The lowest BCUT2D eigenvalue weighted by Gasteiger charge is -2.22. The molecule has 3 heteroatoms. The van der Waals surface area contributed by atoms with E-state index in [1.807, 2.05) is 45.0 Å². The second-order valence-electron chi connectivity index (χ2n) is 5.37. The molecule has 0 saturated heterocycles. The van der Waals surface area contributed by atoms with Gasteiger partial charge in [-0.25, -0.2) is 0 Å². The zero-order valence-electron chi connectivity index (χ0n) is 12.6. The maximum atomic E-state index is 12.1. The molecule has 1 N–H and O–H groups in total. The van der Waals surface area contributed by atoms with E-state index in [1.165, 1.54) is 5.56 Å². The summed E-state index contributed by atoms with van der Waals surface area (Å²) in [5, 5.41) is 3.00. The lowest BCUT2D eigenvalue weighted by atomic mass is 10.1. The highest BCUT2D eigenvalue weighted by atomic mass is 16.5. The molecule has 0 radical (unpaired) electrons. The van der Waals surface area contributed by atoms with Gasteiger partial charge in [0.05, 0.1) is 0 Å². The Balaban J connectivity index is 2.62. The molecule has 1 aromatic rings. The average Bonchev–Trinajstić information content (AvgIpc) is 2.37.